The van der Waals surface area contributed by atoms with Gasteiger partial charge in [-0.3, -0.25) is 4.79 Å². The number of nitrogens with zero attached hydrogens (tertiary/aromatic N) is 1. The average molecular weight is 157 g/mol. The van der Waals surface area contributed by atoms with Gasteiger partial charge < -0.3 is 10.0 Å². The topological polar surface area (TPSA) is 40.5 Å². The molecule has 0 aliphatic heterocycles. The van der Waals surface area contributed by atoms with Gasteiger partial charge in [-0.25, -0.2) is 0 Å². The molecule has 0 bridgehead atoms. The maximum Gasteiger partial charge on any atom is 0.246 e. The third-order valence-corrected chi connectivity index (χ3v) is 1.35. The van der Waals surface area contributed by atoms with E-state index < -0.39 is 0 Å². The Morgan fingerprint density at radius 1 is 1.64 bits per heavy atom. The SMILES string of the molecule is C=CC(=O)N(CCC)CCO. The van der Waals surface area contributed by atoms with Gasteiger partial charge in [0.25, 0.3) is 0 Å². The number of hydrogen-bond acceptors (Lipinski definition) is 2. The molecule has 0 unspecified atom stereocenters. The van der Waals surface area contributed by atoms with Gasteiger partial charge in [0.2, 0.25) is 5.91 Å². The molecular weight excluding hydrogens is 142 g/mol. The van der Waals surface area contributed by atoms with E-state index in [1.807, 2.05) is 6.92 Å². The first-order chi connectivity index (χ1) is 5.26. The summed E-state index contributed by atoms with van der Waals surface area (Å²) in [6.45, 7) is 6.46. The number of rotatable bonds is 5. The highest BCUT2D eigenvalue weighted by atomic mass is 16.3. The lowest BCUT2D eigenvalue weighted by molar-refractivity contribution is -0.126. The van der Waals surface area contributed by atoms with E-state index in [2.05, 4.69) is 6.58 Å². The van der Waals surface area contributed by atoms with Crippen LogP contribution in [0.1, 0.15) is 13.3 Å². The molecule has 0 saturated carbocycles. The second kappa shape index (κ2) is 5.92. The molecule has 3 nitrogen and oxygen atoms in total. The van der Waals surface area contributed by atoms with Crippen molar-refractivity contribution in [2.45, 2.75) is 13.3 Å². The molecular formula is C8H15NO2. The fourth-order valence-electron chi connectivity index (χ4n) is 0.852. The van der Waals surface area contributed by atoms with Gasteiger partial charge in [0.1, 0.15) is 0 Å². The highest BCUT2D eigenvalue weighted by Gasteiger charge is 2.06. The van der Waals surface area contributed by atoms with Gasteiger partial charge in [-0.15, -0.1) is 0 Å². The molecule has 64 valence electrons. The van der Waals surface area contributed by atoms with Crippen LogP contribution in [0.3, 0.4) is 0 Å². The van der Waals surface area contributed by atoms with Crippen LogP contribution in [-0.2, 0) is 4.79 Å². The molecule has 0 radical (unpaired) electrons. The molecule has 11 heavy (non-hydrogen) atoms. The van der Waals surface area contributed by atoms with Gasteiger partial charge in [0.05, 0.1) is 6.61 Å². The Labute approximate surface area is 67.3 Å². The molecule has 0 aromatic heterocycles. The zero-order valence-electron chi connectivity index (χ0n) is 6.92. The van der Waals surface area contributed by atoms with Crippen LogP contribution in [0.4, 0.5) is 0 Å². The Morgan fingerprint density at radius 2 is 2.27 bits per heavy atom. The summed E-state index contributed by atoms with van der Waals surface area (Å²) in [6.07, 6.45) is 2.17. The summed E-state index contributed by atoms with van der Waals surface area (Å²) < 4.78 is 0. The van der Waals surface area contributed by atoms with Crippen molar-refractivity contribution in [2.24, 2.45) is 0 Å². The summed E-state index contributed by atoms with van der Waals surface area (Å²) in [6, 6.07) is 0. The molecule has 0 rings (SSSR count). The van der Waals surface area contributed by atoms with Gasteiger partial charge in [0, 0.05) is 13.1 Å². The lowest BCUT2D eigenvalue weighted by Gasteiger charge is -2.18. The van der Waals surface area contributed by atoms with E-state index in [9.17, 15) is 4.79 Å². The van der Waals surface area contributed by atoms with Crippen molar-refractivity contribution in [3.63, 3.8) is 0 Å². The van der Waals surface area contributed by atoms with Crippen molar-refractivity contribution in [1.82, 2.24) is 4.90 Å². The zero-order chi connectivity index (χ0) is 8.69. The highest BCUT2D eigenvalue weighted by molar-refractivity contribution is 5.86. The third kappa shape index (κ3) is 3.78. The third-order valence-electron chi connectivity index (χ3n) is 1.35. The van der Waals surface area contributed by atoms with Crippen LogP contribution in [0.25, 0.3) is 0 Å². The van der Waals surface area contributed by atoms with Crippen molar-refractivity contribution < 1.29 is 9.90 Å². The predicted octanol–water partition coefficient (Wildman–Crippen LogP) is 0.403. The zero-order valence-corrected chi connectivity index (χ0v) is 6.92. The molecule has 0 spiro atoms. The minimum atomic E-state index is -0.110. The Kier molecular flexibility index (Phi) is 5.47. The number of hydrogen-bond donors (Lipinski definition) is 1. The quantitative estimate of drug-likeness (QED) is 0.587. The normalized spacial score (nSPS) is 9.27. The fraction of sp³-hybridized carbons (Fsp3) is 0.625. The molecule has 0 atom stereocenters. The summed E-state index contributed by atoms with van der Waals surface area (Å²) in [5.74, 6) is -0.110. The van der Waals surface area contributed by atoms with Crippen LogP contribution < -0.4 is 0 Å². The number of amides is 1. The smallest absolute Gasteiger partial charge is 0.246 e. The van der Waals surface area contributed by atoms with Crippen molar-refractivity contribution in [1.29, 1.82) is 0 Å². The second-order valence-corrected chi connectivity index (χ2v) is 2.25. The lowest BCUT2D eigenvalue weighted by Crippen LogP contribution is -2.32. The molecule has 0 aliphatic carbocycles. The van der Waals surface area contributed by atoms with Crippen molar-refractivity contribution >= 4 is 5.91 Å². The summed E-state index contributed by atoms with van der Waals surface area (Å²) in [5.41, 5.74) is 0. The largest absolute Gasteiger partial charge is 0.395 e. The molecule has 1 amide bonds. The van der Waals surface area contributed by atoms with E-state index in [-0.39, 0.29) is 12.5 Å². The van der Waals surface area contributed by atoms with Gasteiger partial charge >= 0.3 is 0 Å². The number of aliphatic hydroxyl groups is 1. The van der Waals surface area contributed by atoms with Crippen LogP contribution in [0.15, 0.2) is 12.7 Å². The molecule has 0 aromatic rings. The summed E-state index contributed by atoms with van der Waals surface area (Å²) in [5, 5.41) is 8.58. The highest BCUT2D eigenvalue weighted by Crippen LogP contribution is 1.92. The molecule has 3 heteroatoms. The van der Waals surface area contributed by atoms with Crippen molar-refractivity contribution in [3.05, 3.63) is 12.7 Å². The molecule has 0 saturated heterocycles. The minimum absolute atomic E-state index is 0.0135. The maximum atomic E-state index is 11.0. The number of aliphatic hydroxyl groups excluding tert-OH is 1. The monoisotopic (exact) mass is 157 g/mol. The summed E-state index contributed by atoms with van der Waals surface area (Å²) >= 11 is 0. The Hall–Kier alpha value is -0.830. The average Bonchev–Trinajstić information content (AvgIpc) is 2.03. The first kappa shape index (κ1) is 10.2. The van der Waals surface area contributed by atoms with Crippen LogP contribution in [-0.4, -0.2) is 35.6 Å². The van der Waals surface area contributed by atoms with Crippen molar-refractivity contribution in [2.75, 3.05) is 19.7 Å². The van der Waals surface area contributed by atoms with E-state index >= 15 is 0 Å². The number of carbonyl (C=O) groups excluding carboxylic acids is 1. The van der Waals surface area contributed by atoms with Gasteiger partial charge in [-0.1, -0.05) is 13.5 Å². The first-order valence-corrected chi connectivity index (χ1v) is 3.78. The Bertz CT molecular complexity index is 128. The fourth-order valence-corrected chi connectivity index (χ4v) is 0.852. The van der Waals surface area contributed by atoms with Crippen LogP contribution in [0, 0.1) is 0 Å². The first-order valence-electron chi connectivity index (χ1n) is 3.78. The molecule has 0 heterocycles. The summed E-state index contributed by atoms with van der Waals surface area (Å²) in [4.78, 5) is 12.6. The van der Waals surface area contributed by atoms with E-state index in [0.717, 1.165) is 6.42 Å². The van der Waals surface area contributed by atoms with E-state index in [4.69, 9.17) is 5.11 Å². The molecule has 0 aliphatic rings. The maximum absolute atomic E-state index is 11.0. The van der Waals surface area contributed by atoms with E-state index in [1.54, 1.807) is 4.90 Å². The van der Waals surface area contributed by atoms with E-state index in [0.29, 0.717) is 13.1 Å². The Morgan fingerprint density at radius 3 is 2.64 bits per heavy atom. The van der Waals surface area contributed by atoms with Crippen LogP contribution in [0.5, 0.6) is 0 Å². The lowest BCUT2D eigenvalue weighted by atomic mass is 10.4. The van der Waals surface area contributed by atoms with Gasteiger partial charge in [-0.2, -0.15) is 0 Å². The molecule has 0 fully saturated rings. The second-order valence-electron chi connectivity index (χ2n) is 2.25. The molecule has 0 aromatic carbocycles. The van der Waals surface area contributed by atoms with Gasteiger partial charge in [0.15, 0.2) is 0 Å². The number of carbonyl (C=O) groups is 1. The van der Waals surface area contributed by atoms with E-state index in [1.165, 1.54) is 6.08 Å². The molecule has 1 N–H and O–H groups in total. The van der Waals surface area contributed by atoms with Gasteiger partial charge in [-0.05, 0) is 12.5 Å². The van der Waals surface area contributed by atoms with Crippen molar-refractivity contribution in [3.8, 4) is 0 Å². The van der Waals surface area contributed by atoms with Crippen LogP contribution in [0.2, 0.25) is 0 Å². The Balaban J connectivity index is 3.86. The summed E-state index contributed by atoms with van der Waals surface area (Å²) in [7, 11) is 0. The van der Waals surface area contributed by atoms with Crippen LogP contribution >= 0.6 is 0 Å². The minimum Gasteiger partial charge on any atom is -0.395 e. The predicted molar refractivity (Wildman–Crippen MR) is 44.2 cm³/mol. The standard InChI is InChI=1S/C8H15NO2/c1-3-5-9(6-7-10)8(11)4-2/h4,10H,2-3,5-7H2,1H3.